The van der Waals surface area contributed by atoms with Gasteiger partial charge in [0, 0.05) is 49.4 Å². The number of nitrogens with zero attached hydrogens (tertiary/aromatic N) is 3. The second-order valence-corrected chi connectivity index (χ2v) is 11.0. The molecule has 2 amide bonds. The molecule has 1 saturated heterocycles. The summed E-state index contributed by atoms with van der Waals surface area (Å²) in [6.07, 6.45) is 2.15. The molecule has 4 aromatic rings. The number of hydrogen-bond acceptors (Lipinski definition) is 6. The third-order valence-corrected chi connectivity index (χ3v) is 7.53. The molecule has 8 nitrogen and oxygen atoms in total. The van der Waals surface area contributed by atoms with Crippen molar-refractivity contribution in [1.29, 1.82) is 0 Å². The third-order valence-electron chi connectivity index (χ3n) is 7.30. The van der Waals surface area contributed by atoms with Gasteiger partial charge in [-0.15, -0.1) is 0 Å². The SMILES string of the molecule is CN1CCN(C(=O)[C@@H](COCc2ccccc2)NC(=O)c2cccnc2Oc2ccc(Cl)cc2Cc2ccccc2)CC1. The number of amides is 2. The van der Waals surface area contributed by atoms with Crippen molar-refractivity contribution in [3.05, 3.63) is 124 Å². The Morgan fingerprint density at radius 2 is 1.60 bits per heavy atom. The van der Waals surface area contributed by atoms with Gasteiger partial charge in [-0.05, 0) is 48.5 Å². The van der Waals surface area contributed by atoms with Gasteiger partial charge in [0.2, 0.25) is 11.8 Å². The summed E-state index contributed by atoms with van der Waals surface area (Å²) in [5, 5.41) is 3.49. The Bertz CT molecular complexity index is 1510. The maximum atomic E-state index is 13.7. The molecule has 1 atom stereocenters. The van der Waals surface area contributed by atoms with Crippen LogP contribution in [0.1, 0.15) is 27.0 Å². The number of benzene rings is 3. The molecule has 1 aromatic heterocycles. The van der Waals surface area contributed by atoms with Gasteiger partial charge in [-0.1, -0.05) is 72.3 Å². The largest absolute Gasteiger partial charge is 0.438 e. The lowest BCUT2D eigenvalue weighted by Gasteiger charge is -2.34. The number of piperazine rings is 1. The molecule has 0 saturated carbocycles. The minimum absolute atomic E-state index is 0.0284. The fourth-order valence-electron chi connectivity index (χ4n) is 4.88. The first-order valence-corrected chi connectivity index (χ1v) is 14.7. The van der Waals surface area contributed by atoms with Crippen LogP contribution in [-0.4, -0.2) is 72.5 Å². The predicted molar refractivity (Wildman–Crippen MR) is 166 cm³/mol. The van der Waals surface area contributed by atoms with E-state index in [1.54, 1.807) is 35.4 Å². The summed E-state index contributed by atoms with van der Waals surface area (Å²) in [5.74, 6) is 0.0195. The van der Waals surface area contributed by atoms with E-state index in [1.165, 1.54) is 0 Å². The van der Waals surface area contributed by atoms with Crippen molar-refractivity contribution in [3.63, 3.8) is 0 Å². The highest BCUT2D eigenvalue weighted by Crippen LogP contribution is 2.30. The van der Waals surface area contributed by atoms with Crippen LogP contribution < -0.4 is 10.1 Å². The van der Waals surface area contributed by atoms with Crippen molar-refractivity contribution in [3.8, 4) is 11.6 Å². The number of aromatic nitrogens is 1. The average molecular weight is 599 g/mol. The van der Waals surface area contributed by atoms with E-state index >= 15 is 0 Å². The molecule has 0 radical (unpaired) electrons. The van der Waals surface area contributed by atoms with Crippen LogP contribution >= 0.6 is 11.6 Å². The first-order valence-electron chi connectivity index (χ1n) is 14.3. The Balaban J connectivity index is 1.34. The van der Waals surface area contributed by atoms with E-state index < -0.39 is 11.9 Å². The van der Waals surface area contributed by atoms with Crippen molar-refractivity contribution < 1.29 is 19.1 Å². The van der Waals surface area contributed by atoms with Gasteiger partial charge < -0.3 is 24.6 Å². The standard InChI is InChI=1S/C34H35ClN4O4/c1-38-17-19-39(20-18-38)34(41)30(24-42-23-26-11-6-3-7-12-26)37-32(40)29-13-8-16-36-33(29)43-31-15-14-28(35)22-27(31)21-25-9-4-2-5-10-25/h2-16,22,30H,17-21,23-24H2,1H3,(H,37,40)/t30-/m1/s1. The summed E-state index contributed by atoms with van der Waals surface area (Å²) in [7, 11) is 2.03. The maximum Gasteiger partial charge on any atom is 0.257 e. The van der Waals surface area contributed by atoms with Crippen molar-refractivity contribution in [2.75, 3.05) is 39.8 Å². The topological polar surface area (TPSA) is 84.0 Å². The Kier molecular flexibility index (Phi) is 10.4. The Morgan fingerprint density at radius 1 is 0.907 bits per heavy atom. The van der Waals surface area contributed by atoms with E-state index in [2.05, 4.69) is 15.2 Å². The van der Waals surface area contributed by atoms with Gasteiger partial charge in [0.1, 0.15) is 17.4 Å². The molecule has 9 heteroatoms. The minimum atomic E-state index is -0.878. The van der Waals surface area contributed by atoms with Gasteiger partial charge in [-0.3, -0.25) is 9.59 Å². The maximum absolute atomic E-state index is 13.7. The Labute approximate surface area is 257 Å². The summed E-state index contributed by atoms with van der Waals surface area (Å²) in [5.41, 5.74) is 3.14. The van der Waals surface area contributed by atoms with Crippen LogP contribution in [0.2, 0.25) is 5.02 Å². The fraction of sp³-hybridized carbons (Fsp3) is 0.265. The highest BCUT2D eigenvalue weighted by molar-refractivity contribution is 6.30. The summed E-state index contributed by atoms with van der Waals surface area (Å²) in [6, 6.07) is 27.5. The quantitative estimate of drug-likeness (QED) is 0.255. The molecular formula is C34H35ClN4O4. The number of rotatable bonds is 11. The second kappa shape index (κ2) is 14.8. The zero-order valence-electron chi connectivity index (χ0n) is 24.1. The lowest BCUT2D eigenvalue weighted by molar-refractivity contribution is -0.136. The average Bonchev–Trinajstić information content (AvgIpc) is 3.03. The van der Waals surface area contributed by atoms with Gasteiger partial charge in [0.05, 0.1) is 13.2 Å². The third kappa shape index (κ3) is 8.41. The van der Waals surface area contributed by atoms with E-state index in [0.717, 1.165) is 29.8 Å². The minimum Gasteiger partial charge on any atom is -0.438 e. The Morgan fingerprint density at radius 3 is 2.33 bits per heavy atom. The lowest BCUT2D eigenvalue weighted by Crippen LogP contribution is -2.55. The highest BCUT2D eigenvalue weighted by atomic mass is 35.5. The fourth-order valence-corrected chi connectivity index (χ4v) is 5.07. The van der Waals surface area contributed by atoms with Crippen molar-refractivity contribution in [2.45, 2.75) is 19.1 Å². The molecule has 1 aliphatic heterocycles. The summed E-state index contributed by atoms with van der Waals surface area (Å²) >= 11 is 6.32. The lowest BCUT2D eigenvalue weighted by atomic mass is 10.0. The number of carbonyl (C=O) groups is 2. The van der Waals surface area contributed by atoms with Crippen LogP contribution in [0.3, 0.4) is 0 Å². The molecule has 2 heterocycles. The van der Waals surface area contributed by atoms with Gasteiger partial charge in [-0.2, -0.15) is 0 Å². The number of nitrogens with one attached hydrogen (secondary N) is 1. The predicted octanol–water partition coefficient (Wildman–Crippen LogP) is 5.21. The molecular weight excluding hydrogens is 564 g/mol. The van der Waals surface area contributed by atoms with Crippen LogP contribution in [-0.2, 0) is 22.6 Å². The normalized spacial score (nSPS) is 14.2. The molecule has 0 bridgehead atoms. The van der Waals surface area contributed by atoms with Gasteiger partial charge >= 0.3 is 0 Å². The van der Waals surface area contributed by atoms with Gasteiger partial charge in [0.25, 0.3) is 5.91 Å². The highest BCUT2D eigenvalue weighted by Gasteiger charge is 2.29. The Hall–Kier alpha value is -4.24. The van der Waals surface area contributed by atoms with Crippen molar-refractivity contribution in [1.82, 2.24) is 20.1 Å². The molecule has 0 unspecified atom stereocenters. The van der Waals surface area contributed by atoms with Crippen molar-refractivity contribution in [2.24, 2.45) is 0 Å². The molecule has 3 aromatic carbocycles. The number of carbonyl (C=O) groups excluding carboxylic acids is 2. The number of likely N-dealkylation sites (N-methyl/N-ethyl adjacent to an activating group) is 1. The molecule has 1 fully saturated rings. The van der Waals surface area contributed by atoms with Crippen LogP contribution in [0.4, 0.5) is 0 Å². The van der Waals surface area contributed by atoms with Gasteiger partial charge in [-0.25, -0.2) is 4.98 Å². The van der Waals surface area contributed by atoms with Crippen molar-refractivity contribution >= 4 is 23.4 Å². The molecule has 5 rings (SSSR count). The number of pyridine rings is 1. The molecule has 43 heavy (non-hydrogen) atoms. The molecule has 1 N–H and O–H groups in total. The summed E-state index contributed by atoms with van der Waals surface area (Å²) in [4.78, 5) is 35.6. The second-order valence-electron chi connectivity index (χ2n) is 10.5. The zero-order valence-corrected chi connectivity index (χ0v) is 24.9. The number of halogens is 1. The molecule has 1 aliphatic rings. The van der Waals surface area contributed by atoms with E-state index in [0.29, 0.717) is 36.9 Å². The van der Waals surface area contributed by atoms with Crippen LogP contribution in [0.15, 0.2) is 97.2 Å². The monoisotopic (exact) mass is 598 g/mol. The number of ether oxygens (including phenoxy) is 2. The van der Waals surface area contributed by atoms with Crippen LogP contribution in [0.25, 0.3) is 0 Å². The van der Waals surface area contributed by atoms with Gasteiger partial charge in [0.15, 0.2) is 0 Å². The molecule has 0 aliphatic carbocycles. The smallest absolute Gasteiger partial charge is 0.257 e. The van der Waals surface area contributed by atoms with E-state index in [-0.39, 0.29) is 24.0 Å². The number of hydrogen-bond donors (Lipinski definition) is 1. The van der Waals surface area contributed by atoms with E-state index in [1.807, 2.05) is 73.8 Å². The zero-order chi connectivity index (χ0) is 30.0. The summed E-state index contributed by atoms with van der Waals surface area (Å²) < 4.78 is 12.2. The summed E-state index contributed by atoms with van der Waals surface area (Å²) in [6.45, 7) is 3.06. The van der Waals surface area contributed by atoms with Crippen LogP contribution in [0.5, 0.6) is 11.6 Å². The van der Waals surface area contributed by atoms with E-state index in [9.17, 15) is 9.59 Å². The molecule has 222 valence electrons. The first kappa shape index (κ1) is 30.2. The van der Waals surface area contributed by atoms with Crippen LogP contribution in [0, 0.1) is 0 Å². The van der Waals surface area contributed by atoms with E-state index in [4.69, 9.17) is 21.1 Å². The molecule has 0 spiro atoms. The first-order chi connectivity index (χ1) is 21.0.